The predicted octanol–water partition coefficient (Wildman–Crippen LogP) is 3.20. The molecule has 0 unspecified atom stereocenters. The van der Waals surface area contributed by atoms with Gasteiger partial charge in [0.1, 0.15) is 18.5 Å². The van der Waals surface area contributed by atoms with Gasteiger partial charge in [-0.05, 0) is 61.8 Å². The summed E-state index contributed by atoms with van der Waals surface area (Å²) in [6, 6.07) is 4.32. The van der Waals surface area contributed by atoms with Crippen molar-refractivity contribution in [3.63, 3.8) is 0 Å². The second kappa shape index (κ2) is 15.4. The second-order valence-electron chi connectivity index (χ2n) is 13.8. The zero-order valence-corrected chi connectivity index (χ0v) is 28.1. The van der Waals surface area contributed by atoms with Crippen LogP contribution < -0.4 is 10.5 Å². The molecule has 48 heavy (non-hydrogen) atoms. The van der Waals surface area contributed by atoms with Gasteiger partial charge in [0.2, 0.25) is 5.91 Å². The van der Waals surface area contributed by atoms with E-state index in [-0.39, 0.29) is 49.6 Å². The summed E-state index contributed by atoms with van der Waals surface area (Å²) in [5.41, 5.74) is 7.48. The van der Waals surface area contributed by atoms with Gasteiger partial charge in [-0.1, -0.05) is 31.1 Å². The summed E-state index contributed by atoms with van der Waals surface area (Å²) >= 11 is 0. The number of benzene rings is 1. The van der Waals surface area contributed by atoms with Crippen molar-refractivity contribution in [3.8, 4) is 5.75 Å². The molecule has 1 saturated carbocycles. The molecule has 5 atom stereocenters. The lowest BCUT2D eigenvalue weighted by Crippen LogP contribution is -2.49. The largest absolute Gasteiger partial charge is 0.492 e. The van der Waals surface area contributed by atoms with E-state index in [0.29, 0.717) is 32.5 Å². The minimum absolute atomic E-state index is 0.0243. The molecule has 2 N–H and O–H groups in total. The Morgan fingerprint density at radius 2 is 1.90 bits per heavy atom. The Labute approximate surface area is 282 Å². The molecule has 262 valence electrons. The molecule has 2 amide bonds. The standard InChI is InChI=1S/C36H50N4O8/c1-2-46-34(43)36-20-27(36)8-6-4-3-5-7-9-30(37)33(42)40-24-29(19-31(40)32(41)21-36)48-35(44)39-22-25-10-11-28(18-26(25)23-39)47-17-14-38-12-15-45-16-13-38/h6,8,10-11,18,27,29-31H,2-5,7,9,12-17,19-24,37H2,1H3/b8-6-/t27-,29-,30+,31+,36-/m1/s1. The van der Waals surface area contributed by atoms with Gasteiger partial charge in [-0.15, -0.1) is 0 Å². The lowest BCUT2D eigenvalue weighted by Gasteiger charge is -2.27. The van der Waals surface area contributed by atoms with E-state index in [1.165, 1.54) is 4.90 Å². The lowest BCUT2D eigenvalue weighted by atomic mass is 9.91. The third-order valence-electron chi connectivity index (χ3n) is 10.5. The Morgan fingerprint density at radius 1 is 1.08 bits per heavy atom. The fraction of sp³-hybridized carbons (Fsp3) is 0.667. The SMILES string of the molecule is CCOC(=O)[C@]12CC(=O)[C@@H]3C[C@@H](OC(=O)N4Cc5ccc(OCCN6CCOCC6)cc5C4)CN3C(=O)[C@@H](N)CCCCC/C=C\[C@@H]1C2. The molecule has 4 aliphatic heterocycles. The van der Waals surface area contributed by atoms with Crippen LogP contribution in [-0.4, -0.2) is 109 Å². The monoisotopic (exact) mass is 666 g/mol. The average Bonchev–Trinajstić information content (AvgIpc) is 3.38. The second-order valence-corrected chi connectivity index (χ2v) is 13.8. The molecule has 0 radical (unpaired) electrons. The maximum absolute atomic E-state index is 13.9. The van der Waals surface area contributed by atoms with Crippen LogP contribution in [0.25, 0.3) is 0 Å². The van der Waals surface area contributed by atoms with Gasteiger partial charge >= 0.3 is 12.1 Å². The third-order valence-corrected chi connectivity index (χ3v) is 10.5. The van der Waals surface area contributed by atoms with Crippen LogP contribution in [0, 0.1) is 11.3 Å². The van der Waals surface area contributed by atoms with Crippen LogP contribution in [0.5, 0.6) is 5.75 Å². The van der Waals surface area contributed by atoms with Crippen molar-refractivity contribution >= 4 is 23.8 Å². The zero-order valence-electron chi connectivity index (χ0n) is 28.1. The van der Waals surface area contributed by atoms with Crippen molar-refractivity contribution in [2.45, 2.75) is 89.6 Å². The Kier molecular flexibility index (Phi) is 11.0. The molecule has 5 aliphatic rings. The van der Waals surface area contributed by atoms with Crippen LogP contribution >= 0.6 is 0 Å². The van der Waals surface area contributed by atoms with E-state index in [9.17, 15) is 19.2 Å². The smallest absolute Gasteiger partial charge is 0.410 e. The van der Waals surface area contributed by atoms with Crippen LogP contribution in [0.3, 0.4) is 0 Å². The lowest BCUT2D eigenvalue weighted by molar-refractivity contribution is -0.152. The minimum Gasteiger partial charge on any atom is -0.492 e. The Bertz CT molecular complexity index is 1380. The minimum atomic E-state index is -0.915. The van der Waals surface area contributed by atoms with Gasteiger partial charge in [0.05, 0.1) is 43.9 Å². The van der Waals surface area contributed by atoms with Crippen molar-refractivity contribution in [2.24, 2.45) is 17.1 Å². The van der Waals surface area contributed by atoms with E-state index in [1.807, 2.05) is 24.3 Å². The first-order valence-electron chi connectivity index (χ1n) is 17.7. The quantitative estimate of drug-likeness (QED) is 0.341. The number of Topliss-reactive ketones (excluding diaryl/α,β-unsaturated/α-hetero) is 1. The normalized spacial score (nSPS) is 30.4. The number of morpholine rings is 1. The van der Waals surface area contributed by atoms with E-state index in [4.69, 9.17) is 24.7 Å². The number of nitrogens with zero attached hydrogens (tertiary/aromatic N) is 3. The number of carbonyl (C=O) groups excluding carboxylic acids is 4. The summed E-state index contributed by atoms with van der Waals surface area (Å²) in [4.78, 5) is 59.5. The molecule has 0 spiro atoms. The number of ketones is 1. The highest BCUT2D eigenvalue weighted by atomic mass is 16.6. The molecule has 4 heterocycles. The molecular weight excluding hydrogens is 616 g/mol. The first kappa shape index (κ1) is 34.4. The van der Waals surface area contributed by atoms with Gasteiger partial charge < -0.3 is 29.6 Å². The number of nitrogens with two attached hydrogens (primary N) is 1. The highest BCUT2D eigenvalue weighted by Gasteiger charge is 2.61. The third kappa shape index (κ3) is 7.87. The first-order valence-corrected chi connectivity index (χ1v) is 17.7. The van der Waals surface area contributed by atoms with Gasteiger partial charge in [0.25, 0.3) is 0 Å². The van der Waals surface area contributed by atoms with Crippen LogP contribution in [0.4, 0.5) is 4.79 Å². The van der Waals surface area contributed by atoms with Crippen LogP contribution in [0.1, 0.15) is 69.4 Å². The Hall–Kier alpha value is -3.48. The molecule has 2 saturated heterocycles. The highest BCUT2D eigenvalue weighted by molar-refractivity contribution is 5.95. The van der Waals surface area contributed by atoms with Crippen LogP contribution in [-0.2, 0) is 41.7 Å². The van der Waals surface area contributed by atoms with E-state index in [2.05, 4.69) is 11.0 Å². The molecule has 1 aromatic rings. The number of esters is 1. The van der Waals surface area contributed by atoms with Crippen molar-refractivity contribution in [3.05, 3.63) is 41.5 Å². The maximum Gasteiger partial charge on any atom is 0.410 e. The maximum atomic E-state index is 13.9. The first-order chi connectivity index (χ1) is 23.3. The van der Waals surface area contributed by atoms with E-state index in [1.54, 1.807) is 11.8 Å². The molecule has 12 nitrogen and oxygen atoms in total. The molecule has 0 bridgehead atoms. The predicted molar refractivity (Wildman–Crippen MR) is 176 cm³/mol. The highest BCUT2D eigenvalue weighted by Crippen LogP contribution is 2.57. The van der Waals surface area contributed by atoms with Gasteiger partial charge in [-0.3, -0.25) is 24.2 Å². The number of hydrogen-bond donors (Lipinski definition) is 1. The summed E-state index contributed by atoms with van der Waals surface area (Å²) in [5.74, 6) is -0.207. The van der Waals surface area contributed by atoms with Crippen LogP contribution in [0.2, 0.25) is 0 Å². The van der Waals surface area contributed by atoms with Crippen molar-refractivity contribution < 1.29 is 38.1 Å². The molecular formula is C36H50N4O8. The molecule has 12 heteroatoms. The summed E-state index contributed by atoms with van der Waals surface area (Å²) in [6.45, 7) is 7.58. The summed E-state index contributed by atoms with van der Waals surface area (Å²) in [7, 11) is 0. The summed E-state index contributed by atoms with van der Waals surface area (Å²) < 4.78 is 22.8. The fourth-order valence-corrected chi connectivity index (χ4v) is 7.56. The molecule has 3 fully saturated rings. The number of fused-ring (bicyclic) bond motifs is 3. The van der Waals surface area contributed by atoms with Gasteiger partial charge in [0.15, 0.2) is 5.78 Å². The summed E-state index contributed by atoms with van der Waals surface area (Å²) in [5, 5.41) is 0. The van der Waals surface area contributed by atoms with Crippen LogP contribution in [0.15, 0.2) is 30.4 Å². The van der Waals surface area contributed by atoms with E-state index >= 15 is 0 Å². The van der Waals surface area contributed by atoms with Gasteiger partial charge in [-0.2, -0.15) is 0 Å². The van der Waals surface area contributed by atoms with Gasteiger partial charge in [-0.25, -0.2) is 4.79 Å². The van der Waals surface area contributed by atoms with Crippen molar-refractivity contribution in [2.75, 3.05) is 52.6 Å². The fourth-order valence-electron chi connectivity index (χ4n) is 7.56. The van der Waals surface area contributed by atoms with Crippen molar-refractivity contribution in [1.82, 2.24) is 14.7 Å². The molecule has 1 aliphatic carbocycles. The average molecular weight is 667 g/mol. The van der Waals surface area contributed by atoms with E-state index in [0.717, 1.165) is 75.4 Å². The molecule has 6 rings (SSSR count). The number of hydrogen-bond acceptors (Lipinski definition) is 10. The topological polar surface area (TPSA) is 141 Å². The Balaban J connectivity index is 1.09. The Morgan fingerprint density at radius 3 is 2.71 bits per heavy atom. The number of rotatable bonds is 7. The number of carbonyl (C=O) groups is 4. The van der Waals surface area contributed by atoms with Gasteiger partial charge in [0, 0.05) is 45.6 Å². The number of ether oxygens (including phenoxy) is 4. The summed E-state index contributed by atoms with van der Waals surface area (Å²) in [6.07, 6.45) is 7.76. The molecule has 0 aromatic heterocycles. The molecule has 1 aromatic carbocycles. The van der Waals surface area contributed by atoms with E-state index < -0.39 is 29.7 Å². The number of amides is 2. The zero-order chi connectivity index (χ0) is 33.7. The van der Waals surface area contributed by atoms with Crippen molar-refractivity contribution in [1.29, 1.82) is 0 Å². The number of allylic oxidation sites excluding steroid dienone is 2.